The molecule has 0 N–H and O–H groups in total. The topological polar surface area (TPSA) is 0 Å². The Morgan fingerprint density at radius 1 is 0.146 bits per heavy atom. The van der Waals surface area contributed by atoms with Gasteiger partial charge in [0.05, 0.1) is 6.42 Å². The Hall–Kier alpha value is -9.00. The highest BCUT2D eigenvalue weighted by atomic mass is 79.9. The van der Waals surface area contributed by atoms with Gasteiger partial charge in [-0.25, -0.2) is 0 Å². The molecule has 0 nitrogen and oxygen atoms in total. The summed E-state index contributed by atoms with van der Waals surface area (Å²) in [4.78, 5) is 0. The van der Waals surface area contributed by atoms with Crippen LogP contribution < -0.4 is 0 Å². The predicted molar refractivity (Wildman–Crippen MR) is 390 cm³/mol. The Labute approximate surface area is 555 Å². The van der Waals surface area contributed by atoms with Gasteiger partial charge in [0.1, 0.15) is 0 Å². The van der Waals surface area contributed by atoms with Crippen LogP contribution in [0.25, 0.3) is 134 Å². The van der Waals surface area contributed by atoms with E-state index in [9.17, 15) is 0 Å². The second-order valence-corrected chi connectivity index (χ2v) is 25.3. The summed E-state index contributed by atoms with van der Waals surface area (Å²) < 4.78 is 3.52. The van der Waals surface area contributed by atoms with Crippen LogP contribution in [-0.2, 0) is 0 Å². The molecule has 0 fully saturated rings. The molecule has 0 heterocycles. The molecule has 0 aliphatic heterocycles. The molecule has 422 valence electrons. The lowest BCUT2D eigenvalue weighted by Gasteiger charge is -2.29. The third-order valence-electron chi connectivity index (χ3n) is 16.5. The first-order chi connectivity index (χ1) is 43.9. The molecule has 0 amide bonds. The van der Waals surface area contributed by atoms with Crippen molar-refractivity contribution in [3.05, 3.63) is 363 Å². The Bertz CT molecular complexity index is 4250. The van der Waals surface area contributed by atoms with Gasteiger partial charge in [0.2, 0.25) is 0 Å². The molecule has 0 aliphatic rings. The maximum absolute atomic E-state index is 4.23. The summed E-state index contributed by atoms with van der Waals surface area (Å²) in [5, 5.41) is 0. The van der Waals surface area contributed by atoms with Crippen LogP contribution >= 0.6 is 63.7 Å². The number of benzene rings is 14. The van der Waals surface area contributed by atoms with Crippen molar-refractivity contribution < 1.29 is 0 Å². The monoisotopic (exact) mass is 1390 g/mol. The molecular formula is C85H54Br4. The zero-order chi connectivity index (χ0) is 60.2. The molecule has 89 heavy (non-hydrogen) atoms. The lowest BCUT2D eigenvalue weighted by molar-refractivity contribution is 1.35. The molecule has 4 heteroatoms. The minimum atomic E-state index is 0.873. The first-order valence-corrected chi connectivity index (χ1v) is 32.8. The number of halogens is 4. The summed E-state index contributed by atoms with van der Waals surface area (Å²) >= 11 is 16.9. The highest BCUT2D eigenvalue weighted by Gasteiger charge is 2.32. The van der Waals surface area contributed by atoms with Crippen molar-refractivity contribution in [3.8, 4) is 134 Å². The highest BCUT2D eigenvalue weighted by Crippen LogP contribution is 2.59. The average molecular weight is 1390 g/mol. The lowest BCUT2D eigenvalue weighted by atomic mass is 9.74. The van der Waals surface area contributed by atoms with E-state index in [2.05, 4.69) is 398 Å². The fourth-order valence-corrected chi connectivity index (χ4v) is 15.6. The predicted octanol–water partition coefficient (Wildman–Crippen LogP) is 26.2. The van der Waals surface area contributed by atoms with E-state index >= 15 is 0 Å². The van der Waals surface area contributed by atoms with Crippen molar-refractivity contribution in [2.45, 2.75) is 0 Å². The third kappa shape index (κ3) is 11.4. The van der Waals surface area contributed by atoms with E-state index in [1.54, 1.807) is 0 Å². The zero-order valence-corrected chi connectivity index (χ0v) is 54.5. The molecular weight excluding hydrogens is 1340 g/mol. The van der Waals surface area contributed by atoms with Gasteiger partial charge in [-0.15, -0.1) is 0 Å². The van der Waals surface area contributed by atoms with Gasteiger partial charge in [0, 0.05) is 17.9 Å². The lowest BCUT2D eigenvalue weighted by Crippen LogP contribution is -2.03. The fourth-order valence-electron chi connectivity index (χ4n) is 12.8. The van der Waals surface area contributed by atoms with Crippen LogP contribution in [0.3, 0.4) is 0 Å². The smallest absolute Gasteiger partial charge is 0.0549 e. The maximum atomic E-state index is 4.23. The van der Waals surface area contributed by atoms with Crippen molar-refractivity contribution in [2.24, 2.45) is 0 Å². The van der Waals surface area contributed by atoms with E-state index in [1.807, 2.05) is 0 Å². The zero-order valence-electron chi connectivity index (χ0n) is 48.2. The minimum absolute atomic E-state index is 0.873. The highest BCUT2D eigenvalue weighted by molar-refractivity contribution is 9.11. The molecule has 14 rings (SSSR count). The molecule has 0 atom stereocenters. The van der Waals surface area contributed by atoms with E-state index in [0.29, 0.717) is 0 Å². The molecule has 0 unspecified atom stereocenters. The fraction of sp³-hybridized carbons (Fsp3) is 0. The van der Waals surface area contributed by atoms with Gasteiger partial charge < -0.3 is 0 Å². The van der Waals surface area contributed by atoms with Gasteiger partial charge in [-0.05, 0) is 169 Å². The third-order valence-corrected chi connectivity index (χ3v) is 19.0. The van der Waals surface area contributed by atoms with Crippen LogP contribution in [0.2, 0.25) is 0 Å². The normalized spacial score (nSPS) is 11.2. The van der Waals surface area contributed by atoms with Gasteiger partial charge in [-0.2, -0.15) is 0 Å². The first kappa shape index (κ1) is 57.7. The molecule has 2 radical (unpaired) electrons. The standard InChI is InChI=1S/C85H54Br4/c86-70-51-66(84-80(62-43-23-7-24-44-62)76(58-35-15-3-16-36-58)74(56-31-11-1-12-32-56)77(59-37-17-4-18-38-59)81(84)63-45-25-8-26-46-63)52-71(87)68(70)55-69-72(88)53-67(54-73(69)89)85-82(64-47-27-9-28-48-64)78(60-39-19-5-20-40-60)75(57-33-13-2-14-34-57)79(61-41-21-6-22-42-61)83(85)65-49-29-10-30-50-65/h1-54H. The summed E-state index contributed by atoms with van der Waals surface area (Å²) in [6.45, 7) is 0. The van der Waals surface area contributed by atoms with E-state index in [4.69, 9.17) is 0 Å². The Balaban J connectivity index is 1.01. The molecule has 14 aromatic carbocycles. The van der Waals surface area contributed by atoms with Gasteiger partial charge in [-0.1, -0.05) is 367 Å². The van der Waals surface area contributed by atoms with E-state index < -0.39 is 0 Å². The molecule has 0 aromatic heterocycles. The Kier molecular flexibility index (Phi) is 16.9. The van der Waals surface area contributed by atoms with Gasteiger partial charge in [0.15, 0.2) is 0 Å². The van der Waals surface area contributed by atoms with Crippen LogP contribution in [-0.4, -0.2) is 0 Å². The van der Waals surface area contributed by atoms with Crippen molar-refractivity contribution in [1.82, 2.24) is 0 Å². The summed E-state index contributed by atoms with van der Waals surface area (Å²) in [7, 11) is 0. The van der Waals surface area contributed by atoms with Gasteiger partial charge >= 0.3 is 0 Å². The van der Waals surface area contributed by atoms with Crippen LogP contribution in [0.4, 0.5) is 0 Å². The van der Waals surface area contributed by atoms with E-state index in [1.165, 1.54) is 11.1 Å². The van der Waals surface area contributed by atoms with Crippen LogP contribution in [0, 0.1) is 6.42 Å². The molecule has 0 aliphatic carbocycles. The summed E-state index contributed by atoms with van der Waals surface area (Å²) in [5.74, 6) is 0. The van der Waals surface area contributed by atoms with Gasteiger partial charge in [-0.3, -0.25) is 0 Å². The van der Waals surface area contributed by atoms with Gasteiger partial charge in [0.25, 0.3) is 0 Å². The van der Waals surface area contributed by atoms with Crippen molar-refractivity contribution >= 4 is 63.7 Å². The molecule has 0 bridgehead atoms. The average Bonchev–Trinajstić information content (AvgIpc) is 0.744. The van der Waals surface area contributed by atoms with Crippen molar-refractivity contribution in [2.75, 3.05) is 0 Å². The van der Waals surface area contributed by atoms with Crippen LogP contribution in [0.5, 0.6) is 0 Å². The Morgan fingerprint density at radius 2 is 0.258 bits per heavy atom. The first-order valence-electron chi connectivity index (χ1n) is 29.7. The molecule has 0 saturated heterocycles. The number of rotatable bonds is 14. The minimum Gasteiger partial charge on any atom is -0.0622 e. The van der Waals surface area contributed by atoms with Crippen LogP contribution in [0.1, 0.15) is 11.1 Å². The summed E-state index contributed by atoms with van der Waals surface area (Å²) in [6.07, 6.45) is 3.94. The summed E-state index contributed by atoms with van der Waals surface area (Å²) in [6, 6.07) is 118. The largest absolute Gasteiger partial charge is 0.0622 e. The summed E-state index contributed by atoms with van der Waals surface area (Å²) in [5.41, 5.74) is 28.9. The molecule has 14 aromatic rings. The number of hydrogen-bond acceptors (Lipinski definition) is 0. The van der Waals surface area contributed by atoms with E-state index in [-0.39, 0.29) is 0 Å². The van der Waals surface area contributed by atoms with E-state index in [0.717, 1.165) is 151 Å². The van der Waals surface area contributed by atoms with Crippen LogP contribution in [0.15, 0.2) is 345 Å². The molecule has 0 saturated carbocycles. The second-order valence-electron chi connectivity index (χ2n) is 21.9. The van der Waals surface area contributed by atoms with Crippen molar-refractivity contribution in [1.29, 1.82) is 0 Å². The van der Waals surface area contributed by atoms with Crippen molar-refractivity contribution in [3.63, 3.8) is 0 Å². The maximum Gasteiger partial charge on any atom is 0.0549 e. The quantitative estimate of drug-likeness (QED) is 0.102. The number of hydrogen-bond donors (Lipinski definition) is 0. The molecule has 0 spiro atoms. The SMILES string of the molecule is Brc1cc(-c2c(-c3ccccc3)c(-c3ccccc3)c(-c3ccccc3)c(-c3ccccc3)c2-c2ccccc2)cc(Br)c1[C]c1c(Br)cc(-c2c(-c3ccccc3)c(-c3ccccc3)c(-c3ccccc3)c(-c3ccccc3)c2-c2ccccc2)cc1Br. The Morgan fingerprint density at radius 3 is 0.382 bits per heavy atom. The second kappa shape index (κ2) is 26.0.